The van der Waals surface area contributed by atoms with Crippen molar-refractivity contribution in [2.24, 2.45) is 0 Å². The van der Waals surface area contributed by atoms with E-state index in [0.717, 1.165) is 18.5 Å². The predicted molar refractivity (Wildman–Crippen MR) is 74.2 cm³/mol. The van der Waals surface area contributed by atoms with Crippen LogP contribution < -0.4 is 16.0 Å². The average Bonchev–Trinajstić information content (AvgIpc) is 2.44. The summed E-state index contributed by atoms with van der Waals surface area (Å²) in [5.41, 5.74) is 3.67. The molecule has 0 unspecified atom stereocenters. The van der Waals surface area contributed by atoms with Crippen LogP contribution in [0.3, 0.4) is 0 Å². The summed E-state index contributed by atoms with van der Waals surface area (Å²) < 4.78 is 0. The monoisotopic (exact) mass is 261 g/mol. The highest BCUT2D eigenvalue weighted by atomic mass is 16.2. The van der Waals surface area contributed by atoms with E-state index in [2.05, 4.69) is 22.0 Å². The Morgan fingerprint density at radius 3 is 2.79 bits per heavy atom. The molecule has 1 aromatic carbocycles. The molecule has 0 atom stereocenters. The van der Waals surface area contributed by atoms with E-state index in [9.17, 15) is 9.59 Å². The van der Waals surface area contributed by atoms with Crippen molar-refractivity contribution in [3.63, 3.8) is 0 Å². The summed E-state index contributed by atoms with van der Waals surface area (Å²) in [6.45, 7) is 0.101. The molecular weight excluding hydrogens is 242 g/mol. The number of imide groups is 1. The minimum absolute atomic E-state index is 0.101. The van der Waals surface area contributed by atoms with Crippen LogP contribution in [0.25, 0.3) is 0 Å². The highest BCUT2D eigenvalue weighted by Crippen LogP contribution is 2.27. The highest BCUT2D eigenvalue weighted by Gasteiger charge is 2.13. The van der Waals surface area contributed by atoms with Crippen LogP contribution >= 0.6 is 0 Å². The Balaban J connectivity index is 1.96. The van der Waals surface area contributed by atoms with Gasteiger partial charge in [-0.3, -0.25) is 10.1 Å². The molecule has 1 aromatic rings. The number of fused-ring (bicyclic) bond motifs is 1. The van der Waals surface area contributed by atoms with Crippen molar-refractivity contribution in [2.45, 2.75) is 25.7 Å². The molecule has 102 valence electrons. The molecule has 0 bridgehead atoms. The molecule has 2 rings (SSSR count). The molecular formula is C14H19N3O2. The van der Waals surface area contributed by atoms with Crippen LogP contribution in [0.5, 0.6) is 0 Å². The van der Waals surface area contributed by atoms with Crippen molar-refractivity contribution >= 4 is 17.6 Å². The number of carbonyl (C=O) groups is 2. The lowest BCUT2D eigenvalue weighted by Crippen LogP contribution is -2.40. The zero-order valence-corrected chi connectivity index (χ0v) is 11.1. The Morgan fingerprint density at radius 1 is 1.21 bits per heavy atom. The summed E-state index contributed by atoms with van der Waals surface area (Å²) in [5.74, 6) is -0.340. The molecule has 0 spiro atoms. The minimum Gasteiger partial charge on any atom is -0.376 e. The highest BCUT2D eigenvalue weighted by molar-refractivity contribution is 5.96. The molecule has 0 aliphatic heterocycles. The van der Waals surface area contributed by atoms with Crippen molar-refractivity contribution in [1.29, 1.82) is 0 Å². The van der Waals surface area contributed by atoms with E-state index in [1.165, 1.54) is 31.0 Å². The van der Waals surface area contributed by atoms with Crippen LogP contribution in [0.4, 0.5) is 10.5 Å². The lowest BCUT2D eigenvalue weighted by atomic mass is 9.90. The molecule has 3 amide bonds. The van der Waals surface area contributed by atoms with E-state index in [4.69, 9.17) is 0 Å². The maximum atomic E-state index is 11.5. The quantitative estimate of drug-likeness (QED) is 0.771. The molecule has 19 heavy (non-hydrogen) atoms. The number of hydrogen-bond acceptors (Lipinski definition) is 3. The maximum Gasteiger partial charge on any atom is 0.321 e. The number of rotatable bonds is 3. The number of hydrogen-bond donors (Lipinski definition) is 3. The standard InChI is InChI=1S/C14H19N3O2/c1-15-14(19)17-13(18)9-16-12-8-4-6-10-5-2-3-7-11(10)12/h4,6,8,16H,2-3,5,7,9H2,1H3,(H2,15,17,18,19). The fraction of sp³-hybridized carbons (Fsp3) is 0.429. The Labute approximate surface area is 112 Å². The molecule has 0 heterocycles. The fourth-order valence-corrected chi connectivity index (χ4v) is 2.36. The number of benzene rings is 1. The summed E-state index contributed by atoms with van der Waals surface area (Å²) in [4.78, 5) is 22.5. The van der Waals surface area contributed by atoms with Gasteiger partial charge >= 0.3 is 6.03 Å². The van der Waals surface area contributed by atoms with Gasteiger partial charge in [0, 0.05) is 12.7 Å². The fourth-order valence-electron chi connectivity index (χ4n) is 2.36. The second-order valence-electron chi connectivity index (χ2n) is 4.63. The van der Waals surface area contributed by atoms with Crippen molar-refractivity contribution in [1.82, 2.24) is 10.6 Å². The summed E-state index contributed by atoms with van der Waals surface area (Å²) in [6, 6.07) is 5.65. The smallest absolute Gasteiger partial charge is 0.321 e. The molecule has 0 fully saturated rings. The second kappa shape index (κ2) is 6.22. The van der Waals surface area contributed by atoms with Gasteiger partial charge in [-0.05, 0) is 42.9 Å². The summed E-state index contributed by atoms with van der Waals surface area (Å²) in [7, 11) is 1.48. The van der Waals surface area contributed by atoms with Crippen LogP contribution in [0.15, 0.2) is 18.2 Å². The van der Waals surface area contributed by atoms with Crippen molar-refractivity contribution in [2.75, 3.05) is 18.9 Å². The van der Waals surface area contributed by atoms with Gasteiger partial charge in [0.2, 0.25) is 5.91 Å². The Bertz CT molecular complexity index is 486. The number of aryl methyl sites for hydroxylation is 1. The molecule has 1 aliphatic rings. The van der Waals surface area contributed by atoms with Gasteiger partial charge < -0.3 is 10.6 Å². The van der Waals surface area contributed by atoms with Crippen LogP contribution in [0.1, 0.15) is 24.0 Å². The predicted octanol–water partition coefficient (Wildman–Crippen LogP) is 1.43. The summed E-state index contributed by atoms with van der Waals surface area (Å²) in [6.07, 6.45) is 4.58. The van der Waals surface area contributed by atoms with Gasteiger partial charge in [0.15, 0.2) is 0 Å². The molecule has 5 nitrogen and oxygen atoms in total. The van der Waals surface area contributed by atoms with Crippen molar-refractivity contribution in [3.8, 4) is 0 Å². The first-order valence-electron chi connectivity index (χ1n) is 6.57. The summed E-state index contributed by atoms with van der Waals surface area (Å²) in [5, 5.41) is 7.68. The van der Waals surface area contributed by atoms with Crippen LogP contribution in [0.2, 0.25) is 0 Å². The third kappa shape index (κ3) is 3.47. The van der Waals surface area contributed by atoms with Gasteiger partial charge in [0.25, 0.3) is 0 Å². The first-order chi connectivity index (χ1) is 9.20. The minimum atomic E-state index is -0.484. The van der Waals surface area contributed by atoms with E-state index < -0.39 is 6.03 Å². The van der Waals surface area contributed by atoms with Gasteiger partial charge in [0.1, 0.15) is 0 Å². The van der Waals surface area contributed by atoms with Gasteiger partial charge in [-0.1, -0.05) is 12.1 Å². The van der Waals surface area contributed by atoms with E-state index in [-0.39, 0.29) is 12.5 Å². The number of anilines is 1. The Hall–Kier alpha value is -2.04. The lowest BCUT2D eigenvalue weighted by Gasteiger charge is -2.19. The van der Waals surface area contributed by atoms with E-state index in [1.54, 1.807) is 0 Å². The third-order valence-electron chi connectivity index (χ3n) is 3.32. The van der Waals surface area contributed by atoms with Gasteiger partial charge in [-0.2, -0.15) is 0 Å². The molecule has 3 N–H and O–H groups in total. The first kappa shape index (κ1) is 13.4. The Kier molecular flexibility index (Phi) is 4.39. The maximum absolute atomic E-state index is 11.5. The third-order valence-corrected chi connectivity index (χ3v) is 3.32. The normalized spacial score (nSPS) is 13.3. The Morgan fingerprint density at radius 2 is 2.00 bits per heavy atom. The molecule has 0 aromatic heterocycles. The van der Waals surface area contributed by atoms with Crippen LogP contribution in [-0.2, 0) is 17.6 Å². The van der Waals surface area contributed by atoms with E-state index >= 15 is 0 Å². The van der Waals surface area contributed by atoms with E-state index in [1.807, 2.05) is 12.1 Å². The van der Waals surface area contributed by atoms with Crippen molar-refractivity contribution < 1.29 is 9.59 Å². The SMILES string of the molecule is CNC(=O)NC(=O)CNc1cccc2c1CCCC2. The first-order valence-corrected chi connectivity index (χ1v) is 6.57. The topological polar surface area (TPSA) is 70.2 Å². The lowest BCUT2D eigenvalue weighted by molar-refractivity contribution is -0.118. The molecule has 0 saturated carbocycles. The zero-order valence-electron chi connectivity index (χ0n) is 11.1. The zero-order chi connectivity index (χ0) is 13.7. The number of carbonyl (C=O) groups excluding carboxylic acids is 2. The number of urea groups is 1. The average molecular weight is 261 g/mol. The van der Waals surface area contributed by atoms with Crippen molar-refractivity contribution in [3.05, 3.63) is 29.3 Å². The largest absolute Gasteiger partial charge is 0.376 e. The summed E-state index contributed by atoms with van der Waals surface area (Å²) >= 11 is 0. The molecule has 0 radical (unpaired) electrons. The molecule has 5 heteroatoms. The van der Waals surface area contributed by atoms with Gasteiger partial charge in [-0.25, -0.2) is 4.79 Å². The van der Waals surface area contributed by atoms with Crippen LogP contribution in [0, 0.1) is 0 Å². The molecule has 1 aliphatic carbocycles. The van der Waals surface area contributed by atoms with Gasteiger partial charge in [0.05, 0.1) is 6.54 Å². The van der Waals surface area contributed by atoms with Crippen LogP contribution in [-0.4, -0.2) is 25.5 Å². The number of nitrogens with one attached hydrogen (secondary N) is 3. The molecule has 0 saturated heterocycles. The van der Waals surface area contributed by atoms with Gasteiger partial charge in [-0.15, -0.1) is 0 Å². The second-order valence-corrected chi connectivity index (χ2v) is 4.63. The van der Waals surface area contributed by atoms with E-state index in [0.29, 0.717) is 0 Å². The number of amides is 3.